The summed E-state index contributed by atoms with van der Waals surface area (Å²) >= 11 is 0. The van der Waals surface area contributed by atoms with Crippen molar-refractivity contribution in [2.75, 3.05) is 47.6 Å². The number of rotatable bonds is 14. The van der Waals surface area contributed by atoms with Crippen molar-refractivity contribution in [3.05, 3.63) is 101 Å². The van der Waals surface area contributed by atoms with E-state index >= 15 is 0 Å². The Bertz CT molecular complexity index is 1150. The van der Waals surface area contributed by atoms with Crippen molar-refractivity contribution in [2.24, 2.45) is 0 Å². The number of carbonyl (C=O) groups is 3. The third-order valence-corrected chi connectivity index (χ3v) is 6.19. The average Bonchev–Trinajstić information content (AvgIpc) is 3.04. The fourth-order valence-electron chi connectivity index (χ4n) is 3.38. The predicted octanol–water partition coefficient (Wildman–Crippen LogP) is 4.46. The summed E-state index contributed by atoms with van der Waals surface area (Å²) in [5, 5.41) is 7.58. The van der Waals surface area contributed by atoms with Crippen LogP contribution in [-0.2, 0) is 36.9 Å². The van der Waals surface area contributed by atoms with Crippen LogP contribution in [0.2, 0.25) is 0 Å². The minimum Gasteiger partial charge on any atom is -0.494 e. The van der Waals surface area contributed by atoms with Crippen LogP contribution in [0.15, 0.2) is 72.8 Å². The van der Waals surface area contributed by atoms with Crippen LogP contribution in [0.1, 0.15) is 40.7 Å². The Labute approximate surface area is 262 Å². The van der Waals surface area contributed by atoms with Crippen LogP contribution >= 0.6 is 0 Å². The third kappa shape index (κ3) is 19.1. The number of hydrogen-bond donors (Lipinski definition) is 3. The Kier molecular flexibility index (Phi) is 20.0. The minimum absolute atomic E-state index is 0.0579. The van der Waals surface area contributed by atoms with Crippen LogP contribution in [0.5, 0.6) is 5.75 Å². The van der Waals surface area contributed by atoms with Crippen LogP contribution in [0, 0.1) is 20.8 Å². The first-order chi connectivity index (χ1) is 21.2. The van der Waals surface area contributed by atoms with E-state index in [2.05, 4.69) is 47.1 Å². The van der Waals surface area contributed by atoms with Crippen LogP contribution < -0.4 is 20.7 Å². The third-order valence-electron chi connectivity index (χ3n) is 6.19. The maximum absolute atomic E-state index is 10.9. The minimum atomic E-state index is -0.0999. The summed E-state index contributed by atoms with van der Waals surface area (Å²) in [6.45, 7) is 8.03. The second kappa shape index (κ2) is 23.3. The molecule has 0 saturated heterocycles. The summed E-state index contributed by atoms with van der Waals surface area (Å²) in [4.78, 5) is 32.6. The molecule has 0 spiro atoms. The largest absolute Gasteiger partial charge is 0.494 e. The lowest BCUT2D eigenvalue weighted by atomic mass is 10.1. The summed E-state index contributed by atoms with van der Waals surface area (Å²) in [6.07, 6.45) is 2.10. The number of hydrogen-bond acceptors (Lipinski definition) is 6. The Morgan fingerprint density at radius 1 is 0.568 bits per heavy atom. The fourth-order valence-corrected chi connectivity index (χ4v) is 3.38. The molecule has 0 aliphatic rings. The molecule has 9 nitrogen and oxygen atoms in total. The van der Waals surface area contributed by atoms with Crippen LogP contribution in [0.25, 0.3) is 0 Å². The van der Waals surface area contributed by atoms with Crippen molar-refractivity contribution >= 4 is 17.7 Å². The van der Waals surface area contributed by atoms with Gasteiger partial charge in [-0.1, -0.05) is 77.4 Å². The molecule has 3 N–H and O–H groups in total. The molecule has 0 saturated carbocycles. The van der Waals surface area contributed by atoms with Gasteiger partial charge in [0.2, 0.25) is 17.7 Å². The number of carbonyl (C=O) groups excluding carboxylic acids is 3. The van der Waals surface area contributed by atoms with E-state index in [9.17, 15) is 14.4 Å². The van der Waals surface area contributed by atoms with E-state index < -0.39 is 0 Å². The van der Waals surface area contributed by atoms with Crippen molar-refractivity contribution in [3.8, 4) is 5.75 Å². The molecular weight excluding hydrogens is 558 g/mol. The molecular formula is C35H49N3O6. The second-order valence-corrected chi connectivity index (χ2v) is 10.1. The molecule has 0 unspecified atom stereocenters. The van der Waals surface area contributed by atoms with E-state index in [1.807, 2.05) is 62.4 Å². The summed E-state index contributed by atoms with van der Waals surface area (Å²) in [5.41, 5.74) is 6.01. The topological polar surface area (TPSA) is 115 Å². The normalized spacial score (nSPS) is 9.86. The predicted molar refractivity (Wildman–Crippen MR) is 175 cm³/mol. The number of aryl methyl sites for hydroxylation is 3. The maximum Gasteiger partial charge on any atom is 0.245 e. The molecule has 0 aromatic heterocycles. The van der Waals surface area contributed by atoms with Gasteiger partial charge in [-0.05, 0) is 56.9 Å². The molecule has 9 heteroatoms. The fraction of sp³-hybridized carbons (Fsp3) is 0.400. The highest BCUT2D eigenvalue weighted by molar-refractivity contribution is 5.77. The van der Waals surface area contributed by atoms with Crippen molar-refractivity contribution in [3.63, 3.8) is 0 Å². The van der Waals surface area contributed by atoms with Gasteiger partial charge in [0.25, 0.3) is 0 Å². The zero-order valence-electron chi connectivity index (χ0n) is 27.0. The van der Waals surface area contributed by atoms with Gasteiger partial charge in [-0.3, -0.25) is 14.4 Å². The highest BCUT2D eigenvalue weighted by atomic mass is 16.5. The maximum atomic E-state index is 10.9. The number of likely N-dealkylation sites (N-methyl/N-ethyl adjacent to an activating group) is 2. The first-order valence-corrected chi connectivity index (χ1v) is 14.7. The molecule has 3 rings (SSSR count). The lowest BCUT2D eigenvalue weighted by Gasteiger charge is -2.05. The van der Waals surface area contributed by atoms with Crippen molar-refractivity contribution in [1.29, 1.82) is 0 Å². The highest BCUT2D eigenvalue weighted by Gasteiger charge is 2.00. The second-order valence-electron chi connectivity index (χ2n) is 10.1. The smallest absolute Gasteiger partial charge is 0.245 e. The Balaban J connectivity index is 0.000000330. The van der Waals surface area contributed by atoms with Gasteiger partial charge >= 0.3 is 0 Å². The van der Waals surface area contributed by atoms with Crippen LogP contribution in [0.3, 0.4) is 0 Å². The lowest BCUT2D eigenvalue weighted by molar-refractivity contribution is -0.126. The van der Waals surface area contributed by atoms with Crippen LogP contribution in [0.4, 0.5) is 0 Å². The van der Waals surface area contributed by atoms with Gasteiger partial charge < -0.3 is 30.2 Å². The molecule has 0 aliphatic heterocycles. The van der Waals surface area contributed by atoms with Gasteiger partial charge in [0.1, 0.15) is 19.0 Å². The van der Waals surface area contributed by atoms with Gasteiger partial charge in [-0.2, -0.15) is 0 Å². The molecule has 0 radical (unpaired) electrons. The van der Waals surface area contributed by atoms with Crippen molar-refractivity contribution in [2.45, 2.75) is 46.6 Å². The van der Waals surface area contributed by atoms with Gasteiger partial charge in [-0.25, -0.2) is 0 Å². The lowest BCUT2D eigenvalue weighted by Crippen LogP contribution is -2.23. The first kappa shape index (κ1) is 37.8. The Morgan fingerprint density at radius 2 is 1.02 bits per heavy atom. The van der Waals surface area contributed by atoms with Gasteiger partial charge in [0.15, 0.2) is 0 Å². The molecule has 0 bridgehead atoms. The van der Waals surface area contributed by atoms with Crippen molar-refractivity contribution < 1.29 is 28.6 Å². The average molecular weight is 608 g/mol. The van der Waals surface area contributed by atoms with E-state index in [1.165, 1.54) is 22.3 Å². The van der Waals surface area contributed by atoms with Gasteiger partial charge in [0.05, 0.1) is 19.8 Å². The molecule has 0 heterocycles. The van der Waals surface area contributed by atoms with Crippen molar-refractivity contribution in [1.82, 2.24) is 16.0 Å². The number of ether oxygens (including phenoxy) is 3. The Morgan fingerprint density at radius 3 is 1.52 bits per heavy atom. The standard InChI is InChI=1S/2C12H17NO2.C11H15NO2/c1-10-3-5-11(6-4-10)7-8-15-9-12(14)13-2;1-10-5-7-11(8-6-10)15-9-3-4-12(14)13-2;1-9-3-5-10(6-4-9)7-14-8-11(13)12-2/h3-6H,7-9H2,1-2H3,(H,13,14);5-8H,3-4,9H2,1-2H3,(H,13,14);3-6H,7-8H2,1-2H3,(H,12,13). The summed E-state index contributed by atoms with van der Waals surface area (Å²) in [7, 11) is 4.84. The van der Waals surface area contributed by atoms with Crippen LogP contribution in [-0.4, -0.2) is 65.3 Å². The number of benzene rings is 3. The van der Waals surface area contributed by atoms with E-state index in [1.54, 1.807) is 21.1 Å². The molecule has 44 heavy (non-hydrogen) atoms. The summed E-state index contributed by atoms with van der Waals surface area (Å²) in [6, 6.07) is 24.3. The molecule has 3 aromatic carbocycles. The van der Waals surface area contributed by atoms with Gasteiger partial charge in [0, 0.05) is 27.6 Å². The van der Waals surface area contributed by atoms with E-state index in [-0.39, 0.29) is 30.9 Å². The molecule has 240 valence electrons. The molecule has 3 aromatic rings. The summed E-state index contributed by atoms with van der Waals surface area (Å²) in [5.74, 6) is 0.732. The quantitative estimate of drug-likeness (QED) is 0.233. The van der Waals surface area contributed by atoms with E-state index in [0.717, 1.165) is 24.2 Å². The molecule has 0 aliphatic carbocycles. The highest BCUT2D eigenvalue weighted by Crippen LogP contribution is 2.11. The summed E-state index contributed by atoms with van der Waals surface area (Å²) < 4.78 is 15.9. The zero-order chi connectivity index (χ0) is 32.6. The van der Waals surface area contributed by atoms with E-state index in [4.69, 9.17) is 14.2 Å². The zero-order valence-corrected chi connectivity index (χ0v) is 27.0. The first-order valence-electron chi connectivity index (χ1n) is 14.7. The Hall–Kier alpha value is -4.21. The number of nitrogens with one attached hydrogen (secondary N) is 3. The molecule has 0 fully saturated rings. The number of amides is 3. The molecule has 0 atom stereocenters. The monoisotopic (exact) mass is 607 g/mol. The van der Waals surface area contributed by atoms with Gasteiger partial charge in [-0.15, -0.1) is 0 Å². The van der Waals surface area contributed by atoms with E-state index in [0.29, 0.717) is 26.2 Å². The SMILES string of the molecule is CNC(=O)CCCOc1ccc(C)cc1.CNC(=O)COCCc1ccc(C)cc1.CNC(=O)COCc1ccc(C)cc1. The molecule has 3 amide bonds.